The molecular weight excluding hydrogens is 374 g/mol. The summed E-state index contributed by atoms with van der Waals surface area (Å²) >= 11 is 1.58. The molecular formula is C21H17N3O3S. The Kier molecular flexibility index (Phi) is 4.02. The zero-order valence-electron chi connectivity index (χ0n) is 15.0. The predicted octanol–water partition coefficient (Wildman–Crippen LogP) is 4.23. The number of benzene rings is 2. The van der Waals surface area contributed by atoms with Gasteiger partial charge in [0.15, 0.2) is 16.5 Å². The molecule has 0 saturated carbocycles. The number of para-hydroxylation sites is 2. The summed E-state index contributed by atoms with van der Waals surface area (Å²) in [5.41, 5.74) is 2.49. The van der Waals surface area contributed by atoms with E-state index in [9.17, 15) is 4.79 Å². The van der Waals surface area contributed by atoms with Crippen molar-refractivity contribution < 1.29 is 14.3 Å². The SMILES string of the molecule is CC1Oc2ccccc2OC1C(=O)Nc1cccc(-c2cn3ccsc3n2)c1. The van der Waals surface area contributed by atoms with Gasteiger partial charge in [-0.3, -0.25) is 9.20 Å². The monoisotopic (exact) mass is 391 g/mol. The number of hydrogen-bond donors (Lipinski definition) is 1. The summed E-state index contributed by atoms with van der Waals surface area (Å²) in [6.45, 7) is 1.83. The van der Waals surface area contributed by atoms with Gasteiger partial charge in [0.05, 0.1) is 5.69 Å². The number of aromatic nitrogens is 2. The van der Waals surface area contributed by atoms with E-state index in [0.29, 0.717) is 17.2 Å². The van der Waals surface area contributed by atoms with E-state index >= 15 is 0 Å². The number of ether oxygens (including phenoxy) is 2. The number of carbonyl (C=O) groups is 1. The van der Waals surface area contributed by atoms with Crippen molar-refractivity contribution in [1.82, 2.24) is 9.38 Å². The molecule has 2 aromatic carbocycles. The van der Waals surface area contributed by atoms with Crippen LogP contribution in [0.25, 0.3) is 16.2 Å². The van der Waals surface area contributed by atoms with Gasteiger partial charge < -0.3 is 14.8 Å². The Morgan fingerprint density at radius 3 is 2.79 bits per heavy atom. The molecule has 3 heterocycles. The number of anilines is 1. The van der Waals surface area contributed by atoms with E-state index in [-0.39, 0.29) is 5.91 Å². The van der Waals surface area contributed by atoms with E-state index in [0.717, 1.165) is 16.2 Å². The fraction of sp³-hybridized carbons (Fsp3) is 0.143. The van der Waals surface area contributed by atoms with E-state index in [1.54, 1.807) is 17.4 Å². The first kappa shape index (κ1) is 16.8. The van der Waals surface area contributed by atoms with Gasteiger partial charge in [0.1, 0.15) is 6.10 Å². The Hall–Kier alpha value is -3.32. The fourth-order valence-corrected chi connectivity index (χ4v) is 3.94. The minimum Gasteiger partial charge on any atom is -0.482 e. The molecule has 0 bridgehead atoms. The van der Waals surface area contributed by atoms with Crippen molar-refractivity contribution in [3.05, 3.63) is 66.3 Å². The second-order valence-corrected chi connectivity index (χ2v) is 7.47. The maximum absolute atomic E-state index is 12.8. The number of nitrogens with one attached hydrogen (secondary N) is 1. The number of thiazole rings is 1. The Balaban J connectivity index is 1.36. The molecule has 7 heteroatoms. The lowest BCUT2D eigenvalue weighted by Crippen LogP contribution is -2.46. The molecule has 0 saturated heterocycles. The van der Waals surface area contributed by atoms with E-state index < -0.39 is 12.2 Å². The predicted molar refractivity (Wildman–Crippen MR) is 108 cm³/mol. The second-order valence-electron chi connectivity index (χ2n) is 6.60. The maximum atomic E-state index is 12.8. The summed E-state index contributed by atoms with van der Waals surface area (Å²) in [4.78, 5) is 18.4. The molecule has 2 atom stereocenters. The number of amides is 1. The number of hydrogen-bond acceptors (Lipinski definition) is 5. The lowest BCUT2D eigenvalue weighted by molar-refractivity contribution is -0.128. The summed E-state index contributed by atoms with van der Waals surface area (Å²) < 4.78 is 13.7. The van der Waals surface area contributed by atoms with Crippen LogP contribution >= 0.6 is 11.3 Å². The lowest BCUT2D eigenvalue weighted by atomic mass is 10.1. The molecule has 0 aliphatic carbocycles. The first-order valence-corrected chi connectivity index (χ1v) is 9.81. The molecule has 2 unspecified atom stereocenters. The molecule has 2 aromatic heterocycles. The normalized spacial score (nSPS) is 18.2. The van der Waals surface area contributed by atoms with E-state index in [1.165, 1.54) is 0 Å². The Morgan fingerprint density at radius 2 is 1.96 bits per heavy atom. The largest absolute Gasteiger partial charge is 0.482 e. The van der Waals surface area contributed by atoms with E-state index in [2.05, 4.69) is 10.3 Å². The summed E-state index contributed by atoms with van der Waals surface area (Å²) in [5, 5.41) is 4.93. The molecule has 28 heavy (non-hydrogen) atoms. The molecule has 6 nitrogen and oxygen atoms in total. The van der Waals surface area contributed by atoms with Crippen LogP contribution in [0.15, 0.2) is 66.3 Å². The highest BCUT2D eigenvalue weighted by molar-refractivity contribution is 7.15. The molecule has 140 valence electrons. The molecule has 0 fully saturated rings. The second kappa shape index (κ2) is 6.69. The molecule has 1 aliphatic heterocycles. The third-order valence-corrected chi connectivity index (χ3v) is 5.39. The van der Waals surface area contributed by atoms with Crippen molar-refractivity contribution in [3.63, 3.8) is 0 Å². The van der Waals surface area contributed by atoms with Gasteiger partial charge >= 0.3 is 0 Å². The first-order chi connectivity index (χ1) is 13.7. The van der Waals surface area contributed by atoms with Crippen LogP contribution in [0, 0.1) is 0 Å². The van der Waals surface area contributed by atoms with Crippen LogP contribution in [-0.2, 0) is 4.79 Å². The van der Waals surface area contributed by atoms with Gasteiger partial charge in [-0.25, -0.2) is 4.98 Å². The average Bonchev–Trinajstić information content (AvgIpc) is 3.30. The standard InChI is InChI=1S/C21H17N3O3S/c1-13-19(27-18-8-3-2-7-17(18)26-13)20(25)22-15-6-4-5-14(11-15)16-12-24-9-10-28-21(24)23-16/h2-13,19H,1H3,(H,22,25). The Morgan fingerprint density at radius 1 is 1.14 bits per heavy atom. The lowest BCUT2D eigenvalue weighted by Gasteiger charge is -2.31. The van der Waals surface area contributed by atoms with E-state index in [1.807, 2.05) is 71.6 Å². The molecule has 5 rings (SSSR count). The number of rotatable bonds is 3. The van der Waals surface area contributed by atoms with Gasteiger partial charge in [-0.1, -0.05) is 24.3 Å². The van der Waals surface area contributed by atoms with Gasteiger partial charge in [-0.15, -0.1) is 11.3 Å². The van der Waals surface area contributed by atoms with Crippen molar-refractivity contribution >= 4 is 27.9 Å². The number of carbonyl (C=O) groups excluding carboxylic acids is 1. The summed E-state index contributed by atoms with van der Waals surface area (Å²) in [5.74, 6) is 0.985. The zero-order valence-corrected chi connectivity index (χ0v) is 15.8. The van der Waals surface area contributed by atoms with Crippen LogP contribution in [0.2, 0.25) is 0 Å². The van der Waals surface area contributed by atoms with Crippen molar-refractivity contribution in [2.45, 2.75) is 19.1 Å². The summed E-state index contributed by atoms with van der Waals surface area (Å²) in [6, 6.07) is 15.0. The van der Waals surface area contributed by atoms with Crippen molar-refractivity contribution in [1.29, 1.82) is 0 Å². The van der Waals surface area contributed by atoms with Crippen LogP contribution in [0.3, 0.4) is 0 Å². The average molecular weight is 391 g/mol. The Bertz CT molecular complexity index is 1140. The van der Waals surface area contributed by atoms with Gasteiger partial charge in [0, 0.05) is 29.0 Å². The minimum absolute atomic E-state index is 0.245. The fourth-order valence-electron chi connectivity index (χ4n) is 3.24. The third-order valence-electron chi connectivity index (χ3n) is 4.62. The van der Waals surface area contributed by atoms with E-state index in [4.69, 9.17) is 9.47 Å². The number of fused-ring (bicyclic) bond motifs is 2. The van der Waals surface area contributed by atoms with Crippen LogP contribution in [0.5, 0.6) is 11.5 Å². The summed E-state index contributed by atoms with van der Waals surface area (Å²) in [6.07, 6.45) is 2.83. The molecule has 1 aliphatic rings. The van der Waals surface area contributed by atoms with Gasteiger partial charge in [-0.2, -0.15) is 0 Å². The van der Waals surface area contributed by atoms with Crippen LogP contribution in [-0.4, -0.2) is 27.5 Å². The quantitative estimate of drug-likeness (QED) is 0.568. The molecule has 1 N–H and O–H groups in total. The minimum atomic E-state index is -0.725. The Labute approximate surface area is 165 Å². The first-order valence-electron chi connectivity index (χ1n) is 8.93. The van der Waals surface area contributed by atoms with Crippen molar-refractivity contribution in [3.8, 4) is 22.8 Å². The number of nitrogens with zero attached hydrogens (tertiary/aromatic N) is 2. The van der Waals surface area contributed by atoms with Crippen molar-refractivity contribution in [2.75, 3.05) is 5.32 Å². The topological polar surface area (TPSA) is 64.9 Å². The zero-order chi connectivity index (χ0) is 19.1. The smallest absolute Gasteiger partial charge is 0.269 e. The van der Waals surface area contributed by atoms with Gasteiger partial charge in [0.25, 0.3) is 5.91 Å². The van der Waals surface area contributed by atoms with Crippen LogP contribution in [0.4, 0.5) is 5.69 Å². The molecule has 1 amide bonds. The summed E-state index contributed by atoms with van der Waals surface area (Å²) in [7, 11) is 0. The molecule has 0 spiro atoms. The molecule has 0 radical (unpaired) electrons. The van der Waals surface area contributed by atoms with Crippen LogP contribution < -0.4 is 14.8 Å². The van der Waals surface area contributed by atoms with Crippen molar-refractivity contribution in [2.24, 2.45) is 0 Å². The maximum Gasteiger partial charge on any atom is 0.269 e. The highest BCUT2D eigenvalue weighted by Crippen LogP contribution is 2.34. The highest BCUT2D eigenvalue weighted by atomic mass is 32.1. The highest BCUT2D eigenvalue weighted by Gasteiger charge is 2.34. The van der Waals surface area contributed by atoms with Crippen LogP contribution in [0.1, 0.15) is 6.92 Å². The number of imidazole rings is 1. The van der Waals surface area contributed by atoms with Gasteiger partial charge in [-0.05, 0) is 31.2 Å². The molecule has 4 aromatic rings. The third kappa shape index (κ3) is 2.99. The van der Waals surface area contributed by atoms with Gasteiger partial charge in [0.2, 0.25) is 6.10 Å².